The fraction of sp³-hybridized carbons (Fsp3) is 0.273. The van der Waals surface area contributed by atoms with Gasteiger partial charge in [-0.05, 0) is 40.3 Å². The molecule has 7 heteroatoms. The van der Waals surface area contributed by atoms with Crippen LogP contribution in [0.25, 0.3) is 11.1 Å². The van der Waals surface area contributed by atoms with Gasteiger partial charge in [0.2, 0.25) is 5.91 Å². The third-order valence-corrected chi connectivity index (χ3v) is 8.00. The fourth-order valence-corrected chi connectivity index (χ4v) is 5.57. The average Bonchev–Trinajstić information content (AvgIpc) is 3.53. The van der Waals surface area contributed by atoms with E-state index >= 15 is 0 Å². The molecule has 0 unspecified atom stereocenters. The van der Waals surface area contributed by atoms with Gasteiger partial charge >= 0.3 is 0 Å². The van der Waals surface area contributed by atoms with Crippen LogP contribution in [-0.4, -0.2) is 72.5 Å². The predicted molar refractivity (Wildman–Crippen MR) is 160 cm³/mol. The first-order chi connectivity index (χ1) is 19.7. The normalized spacial score (nSPS) is 13.6. The van der Waals surface area contributed by atoms with Gasteiger partial charge in [0.15, 0.2) is 0 Å². The molecule has 0 atom stereocenters. The second kappa shape index (κ2) is 14.0. The van der Waals surface area contributed by atoms with Crippen LogP contribution in [0, 0.1) is 0 Å². The van der Waals surface area contributed by atoms with E-state index in [1.54, 1.807) is 16.2 Å². The first-order valence-electron chi connectivity index (χ1n) is 13.7. The van der Waals surface area contributed by atoms with E-state index in [2.05, 4.69) is 17.0 Å². The molecule has 0 N–H and O–H groups in total. The highest BCUT2D eigenvalue weighted by atomic mass is 32.1. The number of carbonyl (C=O) groups is 2. The van der Waals surface area contributed by atoms with Gasteiger partial charge in [-0.25, -0.2) is 0 Å². The number of nitrogens with zero attached hydrogens (tertiary/aromatic N) is 3. The molecule has 1 aliphatic rings. The van der Waals surface area contributed by atoms with E-state index in [1.807, 2.05) is 95.2 Å². The number of thiophene rings is 1. The van der Waals surface area contributed by atoms with Crippen molar-refractivity contribution < 1.29 is 14.3 Å². The molecular weight excluding hydrogens is 518 g/mol. The van der Waals surface area contributed by atoms with E-state index in [9.17, 15) is 9.59 Å². The monoisotopic (exact) mass is 553 g/mol. The molecule has 6 nitrogen and oxygen atoms in total. The number of benzene rings is 3. The van der Waals surface area contributed by atoms with Crippen molar-refractivity contribution in [3.8, 4) is 11.1 Å². The molecule has 1 aromatic heterocycles. The molecule has 1 saturated heterocycles. The van der Waals surface area contributed by atoms with Crippen molar-refractivity contribution in [1.29, 1.82) is 0 Å². The largest absolute Gasteiger partial charge is 0.379 e. The first kappa shape index (κ1) is 27.8. The van der Waals surface area contributed by atoms with Crippen molar-refractivity contribution in [2.24, 2.45) is 0 Å². The molecule has 40 heavy (non-hydrogen) atoms. The highest BCUT2D eigenvalue weighted by molar-refractivity contribution is 7.09. The van der Waals surface area contributed by atoms with Crippen LogP contribution in [0.15, 0.2) is 102 Å². The van der Waals surface area contributed by atoms with Gasteiger partial charge in [0.25, 0.3) is 5.91 Å². The number of hydrogen-bond donors (Lipinski definition) is 0. The number of morpholine rings is 1. The number of ether oxygens (including phenoxy) is 1. The third-order valence-electron chi connectivity index (χ3n) is 7.14. The molecule has 0 bridgehead atoms. The molecule has 0 aliphatic carbocycles. The van der Waals surface area contributed by atoms with Gasteiger partial charge in [0.05, 0.1) is 19.8 Å². The Kier molecular flexibility index (Phi) is 9.74. The summed E-state index contributed by atoms with van der Waals surface area (Å²) in [7, 11) is 0. The summed E-state index contributed by atoms with van der Waals surface area (Å²) >= 11 is 1.64. The molecule has 3 aromatic carbocycles. The summed E-state index contributed by atoms with van der Waals surface area (Å²) < 4.78 is 5.49. The summed E-state index contributed by atoms with van der Waals surface area (Å²) in [4.78, 5) is 34.6. The predicted octanol–water partition coefficient (Wildman–Crippen LogP) is 5.42. The minimum Gasteiger partial charge on any atom is -0.379 e. The average molecular weight is 554 g/mol. The molecule has 2 amide bonds. The van der Waals surface area contributed by atoms with Crippen molar-refractivity contribution >= 4 is 23.2 Å². The molecule has 1 fully saturated rings. The first-order valence-corrected chi connectivity index (χ1v) is 14.6. The Morgan fingerprint density at radius 2 is 1.43 bits per heavy atom. The SMILES string of the molecule is O=C(CN(CCN1CCOCC1)C(=O)c1ccc(-c2ccccc2)cc1)N(Cc1ccccc1)Cc1cccs1. The minimum atomic E-state index is -0.128. The molecule has 1 aliphatic heterocycles. The zero-order chi connectivity index (χ0) is 27.6. The van der Waals surface area contributed by atoms with E-state index in [4.69, 9.17) is 4.74 Å². The maximum Gasteiger partial charge on any atom is 0.254 e. The summed E-state index contributed by atoms with van der Waals surface area (Å²) in [6, 6.07) is 31.9. The molecular formula is C33H35N3O3S. The molecule has 206 valence electrons. The van der Waals surface area contributed by atoms with Gasteiger partial charge in [0, 0.05) is 43.2 Å². The van der Waals surface area contributed by atoms with Crippen molar-refractivity contribution in [3.05, 3.63) is 118 Å². The lowest BCUT2D eigenvalue weighted by Gasteiger charge is -2.31. The third kappa shape index (κ3) is 7.66. The molecule has 0 spiro atoms. The Bertz CT molecular complexity index is 1340. The van der Waals surface area contributed by atoms with E-state index in [0.29, 0.717) is 45.0 Å². The summed E-state index contributed by atoms with van der Waals surface area (Å²) in [6.07, 6.45) is 0. The fourth-order valence-electron chi connectivity index (χ4n) is 4.85. The second-order valence-electron chi connectivity index (χ2n) is 9.94. The quantitative estimate of drug-likeness (QED) is 0.249. The standard InChI is InChI=1S/C33H35N3O3S/c37-32(36(25-31-12-7-23-40-31)24-27-8-3-1-4-9-27)26-35(18-17-34-19-21-39-22-20-34)33(38)30-15-13-29(14-16-30)28-10-5-2-6-11-28/h1-16,23H,17-22,24-26H2. The van der Waals surface area contributed by atoms with E-state index < -0.39 is 0 Å². The number of hydrogen-bond acceptors (Lipinski definition) is 5. The van der Waals surface area contributed by atoms with E-state index in [0.717, 1.165) is 34.7 Å². The van der Waals surface area contributed by atoms with Crippen molar-refractivity contribution in [1.82, 2.24) is 14.7 Å². The topological polar surface area (TPSA) is 53.1 Å². The lowest BCUT2D eigenvalue weighted by molar-refractivity contribution is -0.133. The zero-order valence-corrected chi connectivity index (χ0v) is 23.5. The molecule has 5 rings (SSSR count). The zero-order valence-electron chi connectivity index (χ0n) is 22.7. The summed E-state index contributed by atoms with van der Waals surface area (Å²) in [5, 5.41) is 2.03. The summed E-state index contributed by atoms with van der Waals surface area (Å²) in [5.41, 5.74) is 3.81. The van der Waals surface area contributed by atoms with Crippen LogP contribution in [0.5, 0.6) is 0 Å². The highest BCUT2D eigenvalue weighted by Gasteiger charge is 2.24. The Morgan fingerprint density at radius 1 is 0.750 bits per heavy atom. The summed E-state index contributed by atoms with van der Waals surface area (Å²) in [6.45, 7) is 5.27. The number of rotatable bonds is 11. The maximum atomic E-state index is 13.8. The van der Waals surface area contributed by atoms with Crippen LogP contribution < -0.4 is 0 Å². The van der Waals surface area contributed by atoms with Gasteiger partial charge < -0.3 is 14.5 Å². The number of amides is 2. The Labute approximate surface area is 240 Å². The van der Waals surface area contributed by atoms with Gasteiger partial charge in [0.1, 0.15) is 6.54 Å². The Morgan fingerprint density at radius 3 is 2.10 bits per heavy atom. The van der Waals surface area contributed by atoms with Crippen molar-refractivity contribution in [3.63, 3.8) is 0 Å². The lowest BCUT2D eigenvalue weighted by atomic mass is 10.0. The van der Waals surface area contributed by atoms with E-state index in [-0.39, 0.29) is 18.4 Å². The maximum absolute atomic E-state index is 13.8. The summed E-state index contributed by atoms with van der Waals surface area (Å²) in [5.74, 6) is -0.189. The van der Waals surface area contributed by atoms with Crippen molar-refractivity contribution in [2.75, 3.05) is 45.9 Å². The molecule has 0 saturated carbocycles. The Balaban J connectivity index is 1.34. The highest BCUT2D eigenvalue weighted by Crippen LogP contribution is 2.20. The smallest absolute Gasteiger partial charge is 0.254 e. The van der Waals surface area contributed by atoms with Crippen molar-refractivity contribution in [2.45, 2.75) is 13.1 Å². The van der Waals surface area contributed by atoms with Crippen LogP contribution in [0.4, 0.5) is 0 Å². The van der Waals surface area contributed by atoms with Gasteiger partial charge in [-0.3, -0.25) is 14.5 Å². The second-order valence-corrected chi connectivity index (χ2v) is 11.0. The van der Waals surface area contributed by atoms with Gasteiger partial charge in [-0.2, -0.15) is 0 Å². The Hall–Kier alpha value is -3.78. The van der Waals surface area contributed by atoms with Crippen LogP contribution in [0.2, 0.25) is 0 Å². The molecule has 4 aromatic rings. The minimum absolute atomic E-state index is 0.0296. The van der Waals surface area contributed by atoms with Gasteiger partial charge in [-0.15, -0.1) is 11.3 Å². The molecule has 2 heterocycles. The van der Waals surface area contributed by atoms with Crippen LogP contribution in [0.1, 0.15) is 20.8 Å². The molecule has 0 radical (unpaired) electrons. The van der Waals surface area contributed by atoms with E-state index in [1.165, 1.54) is 0 Å². The number of carbonyl (C=O) groups excluding carboxylic acids is 2. The lowest BCUT2D eigenvalue weighted by Crippen LogP contribution is -2.47. The van der Waals surface area contributed by atoms with Gasteiger partial charge in [-0.1, -0.05) is 78.9 Å². The van der Waals surface area contributed by atoms with Crippen LogP contribution >= 0.6 is 11.3 Å². The van der Waals surface area contributed by atoms with Crippen LogP contribution in [0.3, 0.4) is 0 Å². The van der Waals surface area contributed by atoms with Crippen LogP contribution in [-0.2, 0) is 22.6 Å².